The number of anilines is 2. The fourth-order valence-corrected chi connectivity index (χ4v) is 4.66. The molecule has 0 aliphatic heterocycles. The molecule has 0 saturated heterocycles. The molecule has 1 atom stereocenters. The second kappa shape index (κ2) is 8.02. The molecule has 1 heterocycles. The van der Waals surface area contributed by atoms with Gasteiger partial charge in [0.1, 0.15) is 10.7 Å². The molecule has 2 aromatic carbocycles. The maximum absolute atomic E-state index is 14.5. The third-order valence-electron chi connectivity index (χ3n) is 3.73. The average molecular weight is 446 g/mol. The van der Waals surface area contributed by atoms with E-state index in [2.05, 4.69) is 15.0 Å². The number of halogens is 3. The number of thiazole rings is 1. The second-order valence-electron chi connectivity index (χ2n) is 5.63. The van der Waals surface area contributed by atoms with E-state index in [1.807, 2.05) is 19.1 Å². The van der Waals surface area contributed by atoms with E-state index < -0.39 is 20.7 Å². The first-order valence-electron chi connectivity index (χ1n) is 7.69. The van der Waals surface area contributed by atoms with Crippen molar-refractivity contribution in [2.45, 2.75) is 17.9 Å². The van der Waals surface area contributed by atoms with Gasteiger partial charge in [-0.2, -0.15) is 0 Å². The predicted octanol–water partition coefficient (Wildman–Crippen LogP) is 5.56. The highest BCUT2D eigenvalue weighted by molar-refractivity contribution is 7.92. The molecule has 0 bridgehead atoms. The van der Waals surface area contributed by atoms with Crippen molar-refractivity contribution in [3.8, 4) is 0 Å². The zero-order valence-corrected chi connectivity index (χ0v) is 17.1. The smallest absolute Gasteiger partial charge is 0.266 e. The normalized spacial score (nSPS) is 12.6. The molecule has 3 aromatic rings. The molecule has 3 rings (SSSR count). The highest BCUT2D eigenvalue weighted by Crippen LogP contribution is 2.33. The van der Waals surface area contributed by atoms with E-state index in [1.165, 1.54) is 22.2 Å². The summed E-state index contributed by atoms with van der Waals surface area (Å²) in [6, 6.07) is 9.06. The van der Waals surface area contributed by atoms with Gasteiger partial charge >= 0.3 is 0 Å². The van der Waals surface area contributed by atoms with Crippen LogP contribution in [-0.4, -0.2) is 13.4 Å². The fraction of sp³-hybridized carbons (Fsp3) is 0.118. The number of nitrogens with one attached hydrogen (secondary N) is 2. The molecule has 0 saturated carbocycles. The summed E-state index contributed by atoms with van der Waals surface area (Å²) in [6.45, 7) is 1.84. The van der Waals surface area contributed by atoms with Crippen molar-refractivity contribution in [3.63, 3.8) is 0 Å². The van der Waals surface area contributed by atoms with E-state index in [0.717, 1.165) is 17.7 Å². The number of aromatic nitrogens is 1. The van der Waals surface area contributed by atoms with E-state index in [1.54, 1.807) is 12.1 Å². The number of nitrogens with zero attached hydrogens (tertiary/aromatic N) is 1. The van der Waals surface area contributed by atoms with E-state index in [9.17, 15) is 12.8 Å². The number of hydrogen-bond donors (Lipinski definition) is 2. The van der Waals surface area contributed by atoms with Crippen LogP contribution >= 0.6 is 34.5 Å². The van der Waals surface area contributed by atoms with Crippen LogP contribution in [0.3, 0.4) is 0 Å². The minimum absolute atomic E-state index is 0.0638. The molecule has 0 radical (unpaired) electrons. The van der Waals surface area contributed by atoms with Gasteiger partial charge in [0.15, 0.2) is 5.82 Å². The molecule has 0 aliphatic carbocycles. The number of hydrogen-bond acceptors (Lipinski definition) is 5. The quantitative estimate of drug-likeness (QED) is 0.520. The van der Waals surface area contributed by atoms with Crippen molar-refractivity contribution in [1.82, 2.24) is 4.98 Å². The summed E-state index contributed by atoms with van der Waals surface area (Å²) < 4.78 is 41.5. The Morgan fingerprint density at radius 1 is 1.19 bits per heavy atom. The minimum Gasteiger partial charge on any atom is -0.377 e. The summed E-state index contributed by atoms with van der Waals surface area (Å²) in [7, 11) is -4.15. The van der Waals surface area contributed by atoms with Crippen molar-refractivity contribution >= 4 is 56.1 Å². The largest absolute Gasteiger partial charge is 0.377 e. The molecule has 2 N–H and O–H groups in total. The van der Waals surface area contributed by atoms with Crippen molar-refractivity contribution in [2.24, 2.45) is 0 Å². The Balaban J connectivity index is 1.88. The average Bonchev–Trinajstić information content (AvgIpc) is 3.10. The lowest BCUT2D eigenvalue weighted by atomic mass is 10.1. The van der Waals surface area contributed by atoms with Crippen molar-refractivity contribution < 1.29 is 12.8 Å². The van der Waals surface area contributed by atoms with E-state index in [4.69, 9.17) is 23.2 Å². The summed E-state index contributed by atoms with van der Waals surface area (Å²) in [6.07, 6.45) is 0. The van der Waals surface area contributed by atoms with E-state index in [-0.39, 0.29) is 22.6 Å². The minimum atomic E-state index is -4.15. The molecule has 0 unspecified atom stereocenters. The molecule has 27 heavy (non-hydrogen) atoms. The zero-order valence-electron chi connectivity index (χ0n) is 13.9. The van der Waals surface area contributed by atoms with Crippen LogP contribution in [0.25, 0.3) is 0 Å². The van der Waals surface area contributed by atoms with Gasteiger partial charge in [0, 0.05) is 10.4 Å². The molecule has 10 heteroatoms. The van der Waals surface area contributed by atoms with Gasteiger partial charge in [-0.15, -0.1) is 11.3 Å². The number of benzene rings is 2. The molecule has 0 amide bonds. The van der Waals surface area contributed by atoms with Crippen molar-refractivity contribution in [2.75, 3.05) is 10.0 Å². The maximum atomic E-state index is 14.5. The Morgan fingerprint density at radius 3 is 2.59 bits per heavy atom. The summed E-state index contributed by atoms with van der Waals surface area (Å²) >= 11 is 13.6. The Hall–Kier alpha value is -1.87. The van der Waals surface area contributed by atoms with Gasteiger partial charge in [0.25, 0.3) is 10.0 Å². The molecule has 0 spiro atoms. The van der Waals surface area contributed by atoms with Crippen LogP contribution in [0.5, 0.6) is 0 Å². The predicted molar refractivity (Wildman–Crippen MR) is 108 cm³/mol. The molecular weight excluding hydrogens is 432 g/mol. The van der Waals surface area contributed by atoms with Crippen LogP contribution in [0.15, 0.2) is 52.2 Å². The van der Waals surface area contributed by atoms with Crippen LogP contribution in [0.1, 0.15) is 18.5 Å². The summed E-state index contributed by atoms with van der Waals surface area (Å²) in [4.78, 5) is 3.27. The monoisotopic (exact) mass is 445 g/mol. The van der Waals surface area contributed by atoms with Crippen LogP contribution in [0.4, 0.5) is 15.9 Å². The van der Waals surface area contributed by atoms with Crippen molar-refractivity contribution in [3.05, 3.63) is 68.7 Å². The molecule has 142 valence electrons. The molecule has 5 nitrogen and oxygen atoms in total. The second-order valence-corrected chi connectivity index (χ2v) is 8.81. The van der Waals surface area contributed by atoms with Gasteiger partial charge in [0.05, 0.1) is 22.3 Å². The summed E-state index contributed by atoms with van der Waals surface area (Å²) in [5.41, 5.74) is 2.52. The van der Waals surface area contributed by atoms with Gasteiger partial charge in [-0.3, -0.25) is 4.72 Å². The highest BCUT2D eigenvalue weighted by atomic mass is 35.5. The van der Waals surface area contributed by atoms with Gasteiger partial charge in [-0.25, -0.2) is 17.8 Å². The Labute approximate surface area is 170 Å². The lowest BCUT2D eigenvalue weighted by Crippen LogP contribution is -2.15. The van der Waals surface area contributed by atoms with Crippen molar-refractivity contribution in [1.29, 1.82) is 0 Å². The number of rotatable bonds is 6. The summed E-state index contributed by atoms with van der Waals surface area (Å²) in [5.74, 6) is -0.818. The number of sulfonamides is 1. The van der Waals surface area contributed by atoms with Crippen LogP contribution in [0, 0.1) is 5.82 Å². The Kier molecular flexibility index (Phi) is 5.90. The van der Waals surface area contributed by atoms with Gasteiger partial charge in [0.2, 0.25) is 0 Å². The van der Waals surface area contributed by atoms with Gasteiger partial charge in [-0.05, 0) is 30.7 Å². The van der Waals surface area contributed by atoms with Gasteiger partial charge < -0.3 is 5.32 Å². The zero-order chi connectivity index (χ0) is 19.6. The third-order valence-corrected chi connectivity index (χ3v) is 6.34. The van der Waals surface area contributed by atoms with Crippen LogP contribution in [0.2, 0.25) is 10.0 Å². The van der Waals surface area contributed by atoms with Gasteiger partial charge in [-0.1, -0.05) is 41.4 Å². The summed E-state index contributed by atoms with van der Waals surface area (Å²) in [5, 5.41) is 5.17. The van der Waals surface area contributed by atoms with E-state index in [0.29, 0.717) is 5.02 Å². The highest BCUT2D eigenvalue weighted by Gasteiger charge is 2.23. The molecule has 1 aromatic heterocycles. The standard InChI is InChI=1S/C17H14Cl2FN3O2S2/c1-10(11-4-2-3-5-12(11)18)22-15-7-14(20)16(6-13(15)19)27(24,25)23-17-8-26-9-21-17/h2-10,22-23H,1H3/t10-/m0/s1. The topological polar surface area (TPSA) is 71.1 Å². The molecule has 0 aliphatic rings. The first kappa shape index (κ1) is 19.9. The molecular formula is C17H14Cl2FN3O2S2. The maximum Gasteiger partial charge on any atom is 0.266 e. The first-order valence-corrected chi connectivity index (χ1v) is 10.9. The van der Waals surface area contributed by atoms with Crippen LogP contribution in [-0.2, 0) is 10.0 Å². The SMILES string of the molecule is C[C@H](Nc1cc(F)c(S(=O)(=O)Nc2cscn2)cc1Cl)c1ccccc1Cl. The molecule has 0 fully saturated rings. The Morgan fingerprint density at radius 2 is 1.93 bits per heavy atom. The lowest BCUT2D eigenvalue weighted by molar-refractivity contribution is 0.570. The lowest BCUT2D eigenvalue weighted by Gasteiger charge is -2.19. The van der Waals surface area contributed by atoms with Crippen LogP contribution < -0.4 is 10.0 Å². The Bertz CT molecular complexity index is 1060. The first-order chi connectivity index (χ1) is 12.8. The third kappa shape index (κ3) is 4.52. The fourth-order valence-electron chi connectivity index (χ4n) is 2.44. The van der Waals surface area contributed by atoms with E-state index >= 15 is 0 Å².